The van der Waals surface area contributed by atoms with E-state index in [1.165, 1.54) is 0 Å². The molecule has 0 aliphatic carbocycles. The largest absolute Gasteiger partial charge is 0.480 e. The van der Waals surface area contributed by atoms with Gasteiger partial charge < -0.3 is 21.3 Å². The van der Waals surface area contributed by atoms with E-state index in [1.807, 2.05) is 0 Å². The van der Waals surface area contributed by atoms with Gasteiger partial charge >= 0.3 is 12.1 Å². The fourth-order valence-electron chi connectivity index (χ4n) is 1.67. The van der Waals surface area contributed by atoms with Crippen molar-refractivity contribution in [1.82, 2.24) is 4.90 Å². The number of hydrogen-bond acceptors (Lipinski definition) is 6. The summed E-state index contributed by atoms with van der Waals surface area (Å²) in [4.78, 5) is 45.8. The van der Waals surface area contributed by atoms with E-state index in [9.17, 15) is 19.2 Å². The highest BCUT2D eigenvalue weighted by Crippen LogP contribution is 2.05. The minimum absolute atomic E-state index is 0.145. The highest BCUT2D eigenvalue weighted by molar-refractivity contribution is 5.99. The predicted octanol–water partition coefficient (Wildman–Crippen LogP) is -0.561. The molecule has 0 heterocycles. The Morgan fingerprint density at radius 1 is 1.17 bits per heavy atom. The molecule has 5 N–H and O–H groups in total. The van der Waals surface area contributed by atoms with E-state index < -0.39 is 42.9 Å². The number of nitrogens with two attached hydrogens (primary N) is 2. The molecular weight excluding hydrogens is 306 g/mol. The van der Waals surface area contributed by atoms with Crippen LogP contribution < -0.4 is 11.5 Å². The number of carbonyl (C=O) groups excluding carboxylic acids is 3. The minimum Gasteiger partial charge on any atom is -0.480 e. The Kier molecular flexibility index (Phi) is 6.68. The highest BCUT2D eigenvalue weighted by atomic mass is 16.6. The molecule has 0 fully saturated rings. The van der Waals surface area contributed by atoms with Crippen LogP contribution in [0.5, 0.6) is 0 Å². The fourth-order valence-corrected chi connectivity index (χ4v) is 1.67. The maximum atomic E-state index is 12.0. The molecule has 23 heavy (non-hydrogen) atoms. The van der Waals surface area contributed by atoms with Crippen LogP contribution in [-0.4, -0.2) is 46.5 Å². The SMILES string of the molecule is NC(=O)CC(N)C(=O)N(CC(=O)O)C(=O)OCc1ccccc1. The van der Waals surface area contributed by atoms with Crippen LogP contribution in [0, 0.1) is 0 Å². The number of nitrogens with zero attached hydrogens (tertiary/aromatic N) is 1. The third kappa shape index (κ3) is 6.14. The molecule has 9 nitrogen and oxygen atoms in total. The quantitative estimate of drug-likeness (QED) is 0.607. The Balaban J connectivity index is 2.75. The van der Waals surface area contributed by atoms with Gasteiger partial charge in [-0.1, -0.05) is 30.3 Å². The van der Waals surface area contributed by atoms with E-state index in [4.69, 9.17) is 21.3 Å². The molecule has 0 saturated carbocycles. The van der Waals surface area contributed by atoms with Crippen LogP contribution in [0.15, 0.2) is 30.3 Å². The van der Waals surface area contributed by atoms with Crippen LogP contribution in [0.3, 0.4) is 0 Å². The van der Waals surface area contributed by atoms with Crippen molar-refractivity contribution in [3.8, 4) is 0 Å². The number of aliphatic carboxylic acids is 1. The number of carbonyl (C=O) groups is 4. The molecule has 0 spiro atoms. The second-order valence-electron chi connectivity index (χ2n) is 4.64. The van der Waals surface area contributed by atoms with E-state index in [2.05, 4.69) is 0 Å². The summed E-state index contributed by atoms with van der Waals surface area (Å²) in [6, 6.07) is 7.19. The summed E-state index contributed by atoms with van der Waals surface area (Å²) in [6.45, 7) is -1.08. The highest BCUT2D eigenvalue weighted by Gasteiger charge is 2.30. The molecule has 1 rings (SSSR count). The van der Waals surface area contributed by atoms with Crippen molar-refractivity contribution in [1.29, 1.82) is 0 Å². The average molecular weight is 323 g/mol. The zero-order valence-electron chi connectivity index (χ0n) is 12.2. The molecule has 0 bridgehead atoms. The second-order valence-corrected chi connectivity index (χ2v) is 4.64. The van der Waals surface area contributed by atoms with Gasteiger partial charge in [-0.2, -0.15) is 0 Å². The lowest BCUT2D eigenvalue weighted by Gasteiger charge is -2.21. The molecule has 9 heteroatoms. The molecule has 124 valence electrons. The molecule has 0 saturated heterocycles. The molecule has 0 radical (unpaired) electrons. The van der Waals surface area contributed by atoms with Crippen molar-refractivity contribution in [2.45, 2.75) is 19.1 Å². The van der Waals surface area contributed by atoms with Crippen molar-refractivity contribution in [3.63, 3.8) is 0 Å². The zero-order valence-corrected chi connectivity index (χ0v) is 12.2. The molecule has 0 aliphatic heterocycles. The monoisotopic (exact) mass is 323 g/mol. The van der Waals surface area contributed by atoms with Gasteiger partial charge in [-0.05, 0) is 5.56 Å². The number of imide groups is 1. The van der Waals surface area contributed by atoms with Gasteiger partial charge in [0.25, 0.3) is 0 Å². The molecule has 0 aliphatic rings. The van der Waals surface area contributed by atoms with Gasteiger partial charge in [-0.3, -0.25) is 14.4 Å². The van der Waals surface area contributed by atoms with Gasteiger partial charge in [-0.15, -0.1) is 0 Å². The van der Waals surface area contributed by atoms with Crippen molar-refractivity contribution >= 4 is 23.9 Å². The number of hydrogen-bond donors (Lipinski definition) is 3. The number of amides is 3. The number of carboxylic acid groups (broad SMARTS) is 1. The summed E-state index contributed by atoms with van der Waals surface area (Å²) in [7, 11) is 0. The van der Waals surface area contributed by atoms with Crippen LogP contribution >= 0.6 is 0 Å². The van der Waals surface area contributed by atoms with E-state index in [-0.39, 0.29) is 6.61 Å². The lowest BCUT2D eigenvalue weighted by molar-refractivity contribution is -0.144. The summed E-state index contributed by atoms with van der Waals surface area (Å²) in [5, 5.41) is 8.80. The Bertz CT molecular complexity index is 589. The molecule has 1 unspecified atom stereocenters. The normalized spacial score (nSPS) is 11.3. The first kappa shape index (κ1) is 18.1. The first-order valence-corrected chi connectivity index (χ1v) is 6.59. The maximum Gasteiger partial charge on any atom is 0.417 e. The summed E-state index contributed by atoms with van der Waals surface area (Å²) < 4.78 is 4.90. The van der Waals surface area contributed by atoms with Gasteiger partial charge in [-0.25, -0.2) is 9.69 Å². The molecule has 1 atom stereocenters. The maximum absolute atomic E-state index is 12.0. The fraction of sp³-hybridized carbons (Fsp3) is 0.286. The van der Waals surface area contributed by atoms with E-state index in [1.54, 1.807) is 30.3 Å². The molecule has 3 amide bonds. The summed E-state index contributed by atoms with van der Waals surface area (Å²) in [5.74, 6) is -3.33. The van der Waals surface area contributed by atoms with E-state index in [0.29, 0.717) is 10.5 Å². The number of benzene rings is 1. The minimum atomic E-state index is -1.43. The standard InChI is InChI=1S/C14H17N3O6/c15-10(6-11(16)18)13(21)17(7-12(19)20)14(22)23-8-9-4-2-1-3-5-9/h1-5,10H,6-8,15H2,(H2,16,18)(H,19,20). The Morgan fingerprint density at radius 3 is 2.30 bits per heavy atom. The van der Waals surface area contributed by atoms with Crippen LogP contribution in [-0.2, 0) is 25.7 Å². The van der Waals surface area contributed by atoms with Gasteiger partial charge in [0.15, 0.2) is 0 Å². The van der Waals surface area contributed by atoms with Crippen LogP contribution in [0.4, 0.5) is 4.79 Å². The molecule has 0 aromatic heterocycles. The molecule has 1 aromatic carbocycles. The van der Waals surface area contributed by atoms with Crippen molar-refractivity contribution in [2.24, 2.45) is 11.5 Å². The second kappa shape index (κ2) is 8.49. The van der Waals surface area contributed by atoms with Crippen LogP contribution in [0.25, 0.3) is 0 Å². The summed E-state index contributed by atoms with van der Waals surface area (Å²) in [5.41, 5.74) is 11.0. The van der Waals surface area contributed by atoms with Gasteiger partial charge in [0.05, 0.1) is 12.5 Å². The first-order chi connectivity index (χ1) is 10.8. The lowest BCUT2D eigenvalue weighted by atomic mass is 10.2. The first-order valence-electron chi connectivity index (χ1n) is 6.59. The van der Waals surface area contributed by atoms with E-state index in [0.717, 1.165) is 0 Å². The van der Waals surface area contributed by atoms with Crippen molar-refractivity contribution < 1.29 is 29.0 Å². The zero-order chi connectivity index (χ0) is 17.4. The van der Waals surface area contributed by atoms with Gasteiger partial charge in [0, 0.05) is 0 Å². The summed E-state index contributed by atoms with van der Waals surface area (Å²) >= 11 is 0. The Labute approximate surface area is 131 Å². The van der Waals surface area contributed by atoms with Crippen LogP contribution in [0.2, 0.25) is 0 Å². The smallest absolute Gasteiger partial charge is 0.417 e. The third-order valence-corrected chi connectivity index (χ3v) is 2.72. The average Bonchev–Trinajstić information content (AvgIpc) is 2.49. The van der Waals surface area contributed by atoms with Gasteiger partial charge in [0.1, 0.15) is 13.2 Å². The third-order valence-electron chi connectivity index (χ3n) is 2.72. The number of primary amides is 1. The topological polar surface area (TPSA) is 153 Å². The van der Waals surface area contributed by atoms with E-state index >= 15 is 0 Å². The number of carboxylic acids is 1. The summed E-state index contributed by atoms with van der Waals surface area (Å²) in [6.07, 6.45) is -1.68. The Hall–Kier alpha value is -2.94. The van der Waals surface area contributed by atoms with Crippen LogP contribution in [0.1, 0.15) is 12.0 Å². The predicted molar refractivity (Wildman–Crippen MR) is 77.8 cm³/mol. The number of rotatable bonds is 7. The van der Waals surface area contributed by atoms with Crippen molar-refractivity contribution in [2.75, 3.05) is 6.54 Å². The lowest BCUT2D eigenvalue weighted by Crippen LogP contribution is -2.50. The number of ether oxygens (including phenoxy) is 1. The van der Waals surface area contributed by atoms with Gasteiger partial charge in [0.2, 0.25) is 11.8 Å². The molecule has 1 aromatic rings. The van der Waals surface area contributed by atoms with Crippen molar-refractivity contribution in [3.05, 3.63) is 35.9 Å². The molecular formula is C14H17N3O6. The Morgan fingerprint density at radius 2 is 1.78 bits per heavy atom.